The first-order valence-electron chi connectivity index (χ1n) is 5.05. The Bertz CT molecular complexity index is 508. The van der Waals surface area contributed by atoms with E-state index in [1.807, 2.05) is 43.3 Å². The number of nitrogen functional groups attached to an aromatic ring is 1. The number of halogens is 2. The van der Waals surface area contributed by atoms with E-state index in [0.29, 0.717) is 5.02 Å². The number of aryl methyl sites for hydroxylation is 1. The fraction of sp³-hybridized carbons (Fsp3) is 0.0769. The van der Waals surface area contributed by atoms with Gasteiger partial charge in [0.1, 0.15) is 11.5 Å². The van der Waals surface area contributed by atoms with Crippen LogP contribution in [0.15, 0.2) is 36.4 Å². The van der Waals surface area contributed by atoms with Crippen molar-refractivity contribution in [2.24, 2.45) is 0 Å². The molecule has 2 N–H and O–H groups in total. The Balaban J connectivity index is 2.31. The highest BCUT2D eigenvalue weighted by Gasteiger charge is 2.05. The van der Waals surface area contributed by atoms with Crippen LogP contribution < -0.4 is 10.5 Å². The van der Waals surface area contributed by atoms with Gasteiger partial charge in [0.2, 0.25) is 0 Å². The molecule has 0 aliphatic rings. The van der Waals surface area contributed by atoms with E-state index in [2.05, 4.69) is 22.6 Å². The van der Waals surface area contributed by atoms with E-state index in [1.54, 1.807) is 0 Å². The Labute approximate surface area is 119 Å². The smallest absolute Gasteiger partial charge is 0.140 e. The zero-order chi connectivity index (χ0) is 12.4. The summed E-state index contributed by atoms with van der Waals surface area (Å²) in [6.07, 6.45) is 0. The van der Waals surface area contributed by atoms with E-state index in [-0.39, 0.29) is 0 Å². The van der Waals surface area contributed by atoms with Crippen LogP contribution in [-0.4, -0.2) is 0 Å². The summed E-state index contributed by atoms with van der Waals surface area (Å²) in [5.41, 5.74) is 7.43. The molecule has 0 heterocycles. The van der Waals surface area contributed by atoms with Gasteiger partial charge in [-0.1, -0.05) is 11.6 Å². The van der Waals surface area contributed by atoms with Crippen LogP contribution in [0.5, 0.6) is 11.5 Å². The van der Waals surface area contributed by atoms with Crippen molar-refractivity contribution in [1.29, 1.82) is 0 Å². The summed E-state index contributed by atoms with van der Waals surface area (Å²) in [5, 5.41) is 0.710. The molecule has 0 aromatic heterocycles. The number of ether oxygens (including phenoxy) is 1. The van der Waals surface area contributed by atoms with Crippen molar-refractivity contribution in [2.75, 3.05) is 5.73 Å². The van der Waals surface area contributed by atoms with Crippen molar-refractivity contribution in [3.05, 3.63) is 50.6 Å². The third-order valence-electron chi connectivity index (χ3n) is 2.31. The monoisotopic (exact) mass is 359 g/mol. The Hall–Kier alpha value is -0.940. The average molecular weight is 360 g/mol. The van der Waals surface area contributed by atoms with E-state index in [9.17, 15) is 0 Å². The number of benzene rings is 2. The highest BCUT2D eigenvalue weighted by molar-refractivity contribution is 14.1. The summed E-state index contributed by atoms with van der Waals surface area (Å²) in [6.45, 7) is 1.96. The lowest BCUT2D eigenvalue weighted by Crippen LogP contribution is -1.92. The van der Waals surface area contributed by atoms with Gasteiger partial charge in [0.15, 0.2) is 0 Å². The van der Waals surface area contributed by atoms with Crippen molar-refractivity contribution in [3.63, 3.8) is 0 Å². The van der Waals surface area contributed by atoms with Crippen LogP contribution in [0.25, 0.3) is 0 Å². The third kappa shape index (κ3) is 3.04. The van der Waals surface area contributed by atoms with Crippen LogP contribution in [0.4, 0.5) is 5.69 Å². The second-order valence-electron chi connectivity index (χ2n) is 3.70. The Morgan fingerprint density at radius 2 is 1.82 bits per heavy atom. The van der Waals surface area contributed by atoms with Crippen molar-refractivity contribution in [3.8, 4) is 11.5 Å². The zero-order valence-electron chi connectivity index (χ0n) is 9.21. The summed E-state index contributed by atoms with van der Waals surface area (Å²) >= 11 is 8.10. The first-order chi connectivity index (χ1) is 8.06. The van der Waals surface area contributed by atoms with Crippen LogP contribution in [0.3, 0.4) is 0 Å². The molecule has 0 atom stereocenters. The fourth-order valence-electron chi connectivity index (χ4n) is 1.45. The molecule has 2 aromatic carbocycles. The van der Waals surface area contributed by atoms with Crippen molar-refractivity contribution in [2.45, 2.75) is 6.92 Å². The molecular formula is C13H11ClINO. The van der Waals surface area contributed by atoms with Gasteiger partial charge in [-0.3, -0.25) is 0 Å². The van der Waals surface area contributed by atoms with Crippen LogP contribution in [0.1, 0.15) is 5.56 Å². The molecule has 0 saturated heterocycles. The lowest BCUT2D eigenvalue weighted by atomic mass is 10.2. The normalized spacial score (nSPS) is 10.3. The molecule has 2 rings (SSSR count). The highest BCUT2D eigenvalue weighted by Crippen LogP contribution is 2.31. The van der Waals surface area contributed by atoms with Gasteiger partial charge in [0.05, 0.1) is 3.57 Å². The predicted octanol–water partition coefficient (Wildman–Crippen LogP) is 4.63. The molecule has 0 spiro atoms. The van der Waals surface area contributed by atoms with Crippen molar-refractivity contribution in [1.82, 2.24) is 0 Å². The van der Waals surface area contributed by atoms with E-state index < -0.39 is 0 Å². The fourth-order valence-corrected chi connectivity index (χ4v) is 2.32. The SMILES string of the molecule is Cc1cc(Cl)ccc1Oc1ccc(N)cc1I. The maximum atomic E-state index is 5.90. The van der Waals surface area contributed by atoms with Gasteiger partial charge in [-0.25, -0.2) is 0 Å². The summed E-state index contributed by atoms with van der Waals surface area (Å²) in [7, 11) is 0. The van der Waals surface area contributed by atoms with Gasteiger partial charge in [-0.15, -0.1) is 0 Å². The van der Waals surface area contributed by atoms with Gasteiger partial charge in [0, 0.05) is 10.7 Å². The minimum absolute atomic E-state index is 0.710. The lowest BCUT2D eigenvalue weighted by molar-refractivity contribution is 0.475. The molecule has 0 radical (unpaired) electrons. The maximum absolute atomic E-state index is 5.90. The summed E-state index contributed by atoms with van der Waals surface area (Å²) in [5.74, 6) is 1.60. The molecule has 2 nitrogen and oxygen atoms in total. The minimum atomic E-state index is 0.710. The Kier molecular flexibility index (Phi) is 3.79. The number of rotatable bonds is 2. The molecule has 0 amide bonds. The number of hydrogen-bond acceptors (Lipinski definition) is 2. The van der Waals surface area contributed by atoms with Crippen LogP contribution >= 0.6 is 34.2 Å². The van der Waals surface area contributed by atoms with Crippen molar-refractivity contribution >= 4 is 39.9 Å². The van der Waals surface area contributed by atoms with Gasteiger partial charge in [-0.05, 0) is 71.5 Å². The van der Waals surface area contributed by atoms with Gasteiger partial charge < -0.3 is 10.5 Å². The van der Waals surface area contributed by atoms with E-state index in [1.165, 1.54) is 0 Å². The molecule has 2 aromatic rings. The molecular weight excluding hydrogens is 349 g/mol. The summed E-state index contributed by atoms with van der Waals surface area (Å²) in [4.78, 5) is 0. The Morgan fingerprint density at radius 3 is 2.47 bits per heavy atom. The first kappa shape index (κ1) is 12.5. The van der Waals surface area contributed by atoms with E-state index in [0.717, 1.165) is 26.3 Å². The molecule has 0 aliphatic carbocycles. The van der Waals surface area contributed by atoms with Crippen LogP contribution in [0, 0.1) is 10.5 Å². The minimum Gasteiger partial charge on any atom is -0.456 e. The third-order valence-corrected chi connectivity index (χ3v) is 3.39. The molecule has 17 heavy (non-hydrogen) atoms. The van der Waals surface area contributed by atoms with Crippen LogP contribution in [-0.2, 0) is 0 Å². The quantitative estimate of drug-likeness (QED) is 0.627. The Morgan fingerprint density at radius 1 is 1.12 bits per heavy atom. The van der Waals surface area contributed by atoms with Gasteiger partial charge in [-0.2, -0.15) is 0 Å². The van der Waals surface area contributed by atoms with Crippen molar-refractivity contribution < 1.29 is 4.74 Å². The zero-order valence-corrected chi connectivity index (χ0v) is 12.1. The van der Waals surface area contributed by atoms with Crippen LogP contribution in [0.2, 0.25) is 5.02 Å². The largest absolute Gasteiger partial charge is 0.456 e. The van der Waals surface area contributed by atoms with Gasteiger partial charge in [0.25, 0.3) is 0 Å². The lowest BCUT2D eigenvalue weighted by Gasteiger charge is -2.10. The second kappa shape index (κ2) is 5.14. The molecule has 0 fully saturated rings. The van der Waals surface area contributed by atoms with E-state index in [4.69, 9.17) is 22.1 Å². The van der Waals surface area contributed by atoms with E-state index >= 15 is 0 Å². The summed E-state index contributed by atoms with van der Waals surface area (Å²) in [6, 6.07) is 11.1. The molecule has 0 unspecified atom stereocenters. The molecule has 4 heteroatoms. The number of nitrogens with two attached hydrogens (primary N) is 1. The number of hydrogen-bond donors (Lipinski definition) is 1. The summed E-state index contributed by atoms with van der Waals surface area (Å²) < 4.78 is 6.81. The van der Waals surface area contributed by atoms with Gasteiger partial charge >= 0.3 is 0 Å². The molecule has 0 aliphatic heterocycles. The maximum Gasteiger partial charge on any atom is 0.140 e. The topological polar surface area (TPSA) is 35.2 Å². The highest BCUT2D eigenvalue weighted by atomic mass is 127. The molecule has 88 valence electrons. The predicted molar refractivity (Wildman–Crippen MR) is 79.8 cm³/mol. The number of anilines is 1. The second-order valence-corrected chi connectivity index (χ2v) is 5.30. The molecule has 0 bridgehead atoms. The first-order valence-corrected chi connectivity index (χ1v) is 6.51. The average Bonchev–Trinajstić information content (AvgIpc) is 2.25. The molecule has 0 saturated carbocycles. The standard InChI is InChI=1S/C13H11ClINO/c1-8-6-9(14)2-4-12(8)17-13-5-3-10(16)7-11(13)15/h2-7H,16H2,1H3.